The van der Waals surface area contributed by atoms with Gasteiger partial charge in [0.2, 0.25) is 0 Å². The molecule has 3 aromatic rings. The molecule has 1 aliphatic heterocycles. The Morgan fingerprint density at radius 3 is 2.52 bits per heavy atom. The van der Waals surface area contributed by atoms with Gasteiger partial charge in [-0.1, -0.05) is 42.5 Å². The van der Waals surface area contributed by atoms with Crippen LogP contribution in [0.25, 0.3) is 0 Å². The second kappa shape index (κ2) is 9.51. The summed E-state index contributed by atoms with van der Waals surface area (Å²) in [7, 11) is 1.33. The first-order valence-corrected chi connectivity index (χ1v) is 10.6. The highest BCUT2D eigenvalue weighted by Gasteiger charge is 2.27. The number of nitrogen functional groups attached to an aromatic ring is 1. The van der Waals surface area contributed by atoms with E-state index in [-0.39, 0.29) is 36.4 Å². The van der Waals surface area contributed by atoms with Crippen LogP contribution < -0.4 is 17.0 Å². The molecule has 172 valence electrons. The molecular formula is C24H25FN4O4. The number of hydrogen-bond acceptors (Lipinski definition) is 6. The third kappa shape index (κ3) is 4.79. The molecule has 0 saturated carbocycles. The molecule has 0 bridgehead atoms. The molecule has 2 aromatic carbocycles. The molecule has 1 aliphatic rings. The van der Waals surface area contributed by atoms with Gasteiger partial charge in [-0.15, -0.1) is 0 Å². The van der Waals surface area contributed by atoms with Crippen LogP contribution in [0, 0.1) is 5.82 Å². The van der Waals surface area contributed by atoms with Gasteiger partial charge in [0.25, 0.3) is 5.56 Å². The Balaban J connectivity index is 1.58. The minimum Gasteiger partial charge on any atom is -0.384 e. The fraction of sp³-hybridized carbons (Fsp3) is 0.292. The quantitative estimate of drug-likeness (QED) is 0.570. The summed E-state index contributed by atoms with van der Waals surface area (Å²) < 4.78 is 21.2. The summed E-state index contributed by atoms with van der Waals surface area (Å²) in [5, 5.41) is 0. The van der Waals surface area contributed by atoms with Crippen molar-refractivity contribution in [2.24, 2.45) is 7.05 Å². The molecule has 0 spiro atoms. The van der Waals surface area contributed by atoms with Crippen LogP contribution in [0.1, 0.15) is 27.6 Å². The Morgan fingerprint density at radius 2 is 1.82 bits per heavy atom. The summed E-state index contributed by atoms with van der Waals surface area (Å²) >= 11 is 0. The molecule has 9 heteroatoms. The Morgan fingerprint density at radius 1 is 1.12 bits per heavy atom. The number of benzene rings is 2. The zero-order valence-electron chi connectivity index (χ0n) is 18.2. The summed E-state index contributed by atoms with van der Waals surface area (Å²) in [5.74, 6) is -0.937. The van der Waals surface area contributed by atoms with Crippen LogP contribution in [0.2, 0.25) is 0 Å². The van der Waals surface area contributed by atoms with Gasteiger partial charge in [0.1, 0.15) is 17.2 Å². The highest BCUT2D eigenvalue weighted by atomic mass is 19.1. The standard InChI is InChI=1S/C24H25FN4O4/c1-27-23(31)21(22(26)29(24(27)32)13-16-5-3-2-4-6-16)19(30)14-28-11-12-33-20(15-28)17-7-9-18(25)10-8-17/h2-10,20H,11-15,26H2,1H3. The van der Waals surface area contributed by atoms with Gasteiger partial charge < -0.3 is 10.5 Å². The summed E-state index contributed by atoms with van der Waals surface area (Å²) in [6.07, 6.45) is -0.320. The molecule has 0 amide bonds. The van der Waals surface area contributed by atoms with Gasteiger partial charge in [-0.3, -0.25) is 23.6 Å². The van der Waals surface area contributed by atoms with Crippen molar-refractivity contribution in [2.75, 3.05) is 32.0 Å². The zero-order valence-corrected chi connectivity index (χ0v) is 18.2. The number of carbonyl (C=O) groups is 1. The highest BCUT2D eigenvalue weighted by molar-refractivity contribution is 6.01. The van der Waals surface area contributed by atoms with Gasteiger partial charge in [0.15, 0.2) is 5.78 Å². The third-order valence-electron chi connectivity index (χ3n) is 5.81. The van der Waals surface area contributed by atoms with Crippen LogP contribution >= 0.6 is 0 Å². The van der Waals surface area contributed by atoms with E-state index >= 15 is 0 Å². The highest BCUT2D eigenvalue weighted by Crippen LogP contribution is 2.23. The number of Topliss-reactive ketones (excluding diaryl/α,β-unsaturated/α-hetero) is 1. The van der Waals surface area contributed by atoms with Gasteiger partial charge in [0, 0.05) is 20.1 Å². The van der Waals surface area contributed by atoms with Gasteiger partial charge in [-0.25, -0.2) is 9.18 Å². The number of ketones is 1. The number of anilines is 1. The van der Waals surface area contributed by atoms with Gasteiger partial charge >= 0.3 is 5.69 Å². The lowest BCUT2D eigenvalue weighted by atomic mass is 10.1. The second-order valence-corrected chi connectivity index (χ2v) is 8.05. The second-order valence-electron chi connectivity index (χ2n) is 8.05. The topological polar surface area (TPSA) is 99.6 Å². The lowest BCUT2D eigenvalue weighted by Gasteiger charge is -2.32. The lowest BCUT2D eigenvalue weighted by molar-refractivity contribution is -0.0275. The maximum absolute atomic E-state index is 13.2. The number of rotatable bonds is 6. The maximum atomic E-state index is 13.2. The lowest BCUT2D eigenvalue weighted by Crippen LogP contribution is -2.46. The van der Waals surface area contributed by atoms with Crippen LogP contribution in [0.15, 0.2) is 64.2 Å². The van der Waals surface area contributed by atoms with Crippen LogP contribution in [0.5, 0.6) is 0 Å². The SMILES string of the molecule is Cn1c(=O)c(C(=O)CN2CCOC(c3ccc(F)cc3)C2)c(N)n(Cc2ccccc2)c1=O. The van der Waals surface area contributed by atoms with Crippen molar-refractivity contribution >= 4 is 11.6 Å². The van der Waals surface area contributed by atoms with E-state index in [1.807, 2.05) is 35.2 Å². The van der Waals surface area contributed by atoms with E-state index in [2.05, 4.69) is 0 Å². The molecule has 8 nitrogen and oxygen atoms in total. The number of aromatic nitrogens is 2. The predicted molar refractivity (Wildman–Crippen MR) is 122 cm³/mol. The largest absolute Gasteiger partial charge is 0.384 e. The van der Waals surface area contributed by atoms with Crippen molar-refractivity contribution in [3.63, 3.8) is 0 Å². The Labute approximate surface area is 189 Å². The van der Waals surface area contributed by atoms with Crippen molar-refractivity contribution < 1.29 is 13.9 Å². The Hall–Kier alpha value is -3.56. The molecule has 33 heavy (non-hydrogen) atoms. The molecule has 0 aliphatic carbocycles. The number of nitrogens with zero attached hydrogens (tertiary/aromatic N) is 3. The smallest absolute Gasteiger partial charge is 0.332 e. The molecule has 1 unspecified atom stereocenters. The van der Waals surface area contributed by atoms with E-state index in [0.717, 1.165) is 15.7 Å². The minimum atomic E-state index is -0.713. The van der Waals surface area contributed by atoms with Gasteiger partial charge in [0.05, 0.1) is 25.8 Å². The van der Waals surface area contributed by atoms with E-state index in [4.69, 9.17) is 10.5 Å². The fourth-order valence-electron chi connectivity index (χ4n) is 3.97. The van der Waals surface area contributed by atoms with Crippen LogP contribution in [-0.2, 0) is 18.3 Å². The van der Waals surface area contributed by atoms with E-state index < -0.39 is 17.0 Å². The summed E-state index contributed by atoms with van der Waals surface area (Å²) in [5.41, 5.74) is 6.32. The molecule has 1 fully saturated rings. The van der Waals surface area contributed by atoms with E-state index in [1.165, 1.54) is 23.7 Å². The molecule has 4 rings (SSSR count). The zero-order chi connectivity index (χ0) is 23.5. The number of ether oxygens (including phenoxy) is 1. The first-order valence-electron chi connectivity index (χ1n) is 10.6. The molecule has 0 radical (unpaired) electrons. The summed E-state index contributed by atoms with van der Waals surface area (Å²) in [6.45, 7) is 1.37. The van der Waals surface area contributed by atoms with Crippen LogP contribution in [-0.4, -0.2) is 46.1 Å². The summed E-state index contributed by atoms with van der Waals surface area (Å²) in [4.78, 5) is 40.5. The Kier molecular flexibility index (Phi) is 6.52. The normalized spacial score (nSPS) is 16.6. The third-order valence-corrected chi connectivity index (χ3v) is 5.81. The van der Waals surface area contributed by atoms with Crippen molar-refractivity contribution in [3.8, 4) is 0 Å². The first kappa shape index (κ1) is 22.6. The van der Waals surface area contributed by atoms with Crippen molar-refractivity contribution in [3.05, 3.63) is 97.9 Å². The predicted octanol–water partition coefficient (Wildman–Crippen LogP) is 1.57. The van der Waals surface area contributed by atoms with E-state index in [1.54, 1.807) is 12.1 Å². The van der Waals surface area contributed by atoms with Gasteiger partial charge in [-0.05, 0) is 23.3 Å². The van der Waals surface area contributed by atoms with Crippen LogP contribution in [0.4, 0.5) is 10.2 Å². The van der Waals surface area contributed by atoms with Crippen molar-refractivity contribution in [1.82, 2.24) is 14.0 Å². The minimum absolute atomic E-state index is 0.0516. The van der Waals surface area contributed by atoms with Crippen molar-refractivity contribution in [1.29, 1.82) is 0 Å². The average Bonchev–Trinajstić information content (AvgIpc) is 2.82. The number of carbonyl (C=O) groups excluding carboxylic acids is 1. The fourth-order valence-corrected chi connectivity index (χ4v) is 3.97. The Bertz CT molecular complexity index is 1270. The molecule has 1 saturated heterocycles. The number of hydrogen-bond donors (Lipinski definition) is 1. The molecule has 1 aromatic heterocycles. The number of morpholine rings is 1. The molecule has 2 heterocycles. The number of nitrogens with two attached hydrogens (primary N) is 1. The molecule has 1 atom stereocenters. The molecular weight excluding hydrogens is 427 g/mol. The average molecular weight is 452 g/mol. The number of halogens is 1. The monoisotopic (exact) mass is 452 g/mol. The maximum Gasteiger partial charge on any atom is 0.332 e. The van der Waals surface area contributed by atoms with Crippen molar-refractivity contribution in [2.45, 2.75) is 12.6 Å². The van der Waals surface area contributed by atoms with Gasteiger partial charge in [-0.2, -0.15) is 0 Å². The molecule has 2 N–H and O–H groups in total. The first-order chi connectivity index (χ1) is 15.8. The van der Waals surface area contributed by atoms with E-state index in [0.29, 0.717) is 19.7 Å². The van der Waals surface area contributed by atoms with E-state index in [9.17, 15) is 18.8 Å². The van der Waals surface area contributed by atoms with Crippen LogP contribution in [0.3, 0.4) is 0 Å². The summed E-state index contributed by atoms with van der Waals surface area (Å²) in [6, 6.07) is 15.2.